The van der Waals surface area contributed by atoms with Gasteiger partial charge >= 0.3 is 5.97 Å². The maximum atomic E-state index is 13.7. The van der Waals surface area contributed by atoms with Crippen LogP contribution in [0.5, 0.6) is 0 Å². The third-order valence-corrected chi connectivity index (χ3v) is 5.92. The third kappa shape index (κ3) is 3.44. The molecule has 1 unspecified atom stereocenters. The Bertz CT molecular complexity index is 976. The summed E-state index contributed by atoms with van der Waals surface area (Å²) in [6.07, 6.45) is 9.19. The van der Waals surface area contributed by atoms with E-state index in [2.05, 4.69) is 16.9 Å². The van der Waals surface area contributed by atoms with Crippen molar-refractivity contribution in [3.8, 4) is 0 Å². The van der Waals surface area contributed by atoms with Gasteiger partial charge in [-0.05, 0) is 74.3 Å². The molecule has 0 amide bonds. The van der Waals surface area contributed by atoms with Gasteiger partial charge in [0.05, 0.1) is 11.8 Å². The predicted octanol–water partition coefficient (Wildman–Crippen LogP) is 4.80. The van der Waals surface area contributed by atoms with E-state index in [-0.39, 0.29) is 17.6 Å². The molecule has 1 aliphatic carbocycles. The zero-order chi connectivity index (χ0) is 19.0. The topological polar surface area (TPSA) is 68.0 Å². The number of hydrogen-bond donors (Lipinski definition) is 1. The van der Waals surface area contributed by atoms with E-state index >= 15 is 0 Å². The smallest absolute Gasteiger partial charge is 0.356 e. The number of carbonyl (C=O) groups is 1. The predicted molar refractivity (Wildman–Crippen MR) is 100 cm³/mol. The molecule has 6 heteroatoms. The summed E-state index contributed by atoms with van der Waals surface area (Å²) < 4.78 is 15.6. The summed E-state index contributed by atoms with van der Waals surface area (Å²) in [5.74, 6) is -0.352. The minimum absolute atomic E-state index is 0.0841. The minimum Gasteiger partial charge on any atom is -0.476 e. The zero-order valence-electron chi connectivity index (χ0n) is 15.2. The Morgan fingerprint density at radius 3 is 2.70 bits per heavy atom. The Labute approximate surface area is 156 Å². The summed E-state index contributed by atoms with van der Waals surface area (Å²) in [6, 6.07) is 7.00. The molecule has 27 heavy (non-hydrogen) atoms. The average Bonchev–Trinajstić information content (AvgIpc) is 3.18. The Morgan fingerprint density at radius 2 is 2.00 bits per heavy atom. The van der Waals surface area contributed by atoms with Crippen LogP contribution in [-0.2, 0) is 0 Å². The van der Waals surface area contributed by atoms with Crippen molar-refractivity contribution in [1.29, 1.82) is 0 Å². The number of carboxylic acids is 1. The van der Waals surface area contributed by atoms with Gasteiger partial charge in [0.2, 0.25) is 0 Å². The number of aromatic carboxylic acids is 1. The van der Waals surface area contributed by atoms with Gasteiger partial charge in [-0.3, -0.25) is 4.98 Å². The molecular formula is C21H22FN3O2. The third-order valence-electron chi connectivity index (χ3n) is 5.92. The Morgan fingerprint density at radius 1 is 1.22 bits per heavy atom. The molecular weight excluding hydrogens is 345 g/mol. The lowest BCUT2D eigenvalue weighted by Gasteiger charge is -2.33. The molecule has 0 radical (unpaired) electrons. The van der Waals surface area contributed by atoms with E-state index in [4.69, 9.17) is 5.11 Å². The molecule has 1 N–H and O–H groups in total. The fourth-order valence-corrected chi connectivity index (χ4v) is 4.32. The Hall–Kier alpha value is -2.76. The van der Waals surface area contributed by atoms with Crippen molar-refractivity contribution in [2.75, 3.05) is 0 Å². The number of imidazole rings is 1. The Balaban J connectivity index is 1.49. The van der Waals surface area contributed by atoms with Crippen molar-refractivity contribution in [3.63, 3.8) is 0 Å². The second-order valence-electron chi connectivity index (χ2n) is 7.43. The number of rotatable bonds is 4. The largest absolute Gasteiger partial charge is 0.476 e. The second kappa shape index (κ2) is 7.10. The maximum absolute atomic E-state index is 13.7. The van der Waals surface area contributed by atoms with Gasteiger partial charge in [0.1, 0.15) is 5.82 Å². The van der Waals surface area contributed by atoms with Crippen LogP contribution in [0, 0.1) is 11.7 Å². The van der Waals surface area contributed by atoms with Crippen LogP contribution >= 0.6 is 0 Å². The van der Waals surface area contributed by atoms with E-state index < -0.39 is 5.97 Å². The lowest BCUT2D eigenvalue weighted by atomic mass is 9.75. The maximum Gasteiger partial charge on any atom is 0.356 e. The Kier molecular flexibility index (Phi) is 4.64. The highest BCUT2D eigenvalue weighted by atomic mass is 19.1. The molecule has 0 bridgehead atoms. The van der Waals surface area contributed by atoms with Crippen LogP contribution < -0.4 is 0 Å². The van der Waals surface area contributed by atoms with Gasteiger partial charge < -0.3 is 9.67 Å². The molecule has 2 aromatic heterocycles. The summed E-state index contributed by atoms with van der Waals surface area (Å²) >= 11 is 0. The molecule has 140 valence electrons. The fourth-order valence-electron chi connectivity index (χ4n) is 4.32. The van der Waals surface area contributed by atoms with Gasteiger partial charge in [0, 0.05) is 23.8 Å². The number of benzene rings is 1. The lowest BCUT2D eigenvalue weighted by Crippen LogP contribution is -2.21. The highest BCUT2D eigenvalue weighted by molar-refractivity contribution is 5.85. The summed E-state index contributed by atoms with van der Waals surface area (Å²) in [4.78, 5) is 19.3. The van der Waals surface area contributed by atoms with Crippen LogP contribution in [-0.4, -0.2) is 25.6 Å². The first kappa shape index (κ1) is 17.6. The van der Waals surface area contributed by atoms with Crippen LogP contribution in [0.25, 0.3) is 10.9 Å². The SMILES string of the molecule is CC(C1CCC(c2ccnc3ccc(F)cc23)CC1)n1cnc(C(=O)O)c1. The average molecular weight is 367 g/mol. The van der Waals surface area contributed by atoms with Crippen molar-refractivity contribution in [3.05, 3.63) is 60.1 Å². The molecule has 0 aliphatic heterocycles. The van der Waals surface area contributed by atoms with Gasteiger partial charge in [0.15, 0.2) is 5.69 Å². The molecule has 2 heterocycles. The normalized spacial score (nSPS) is 21.3. The molecule has 4 rings (SSSR count). The van der Waals surface area contributed by atoms with E-state index in [1.807, 2.05) is 16.8 Å². The standard InChI is InChI=1S/C21H22FN3O2/c1-13(25-11-20(21(26)27)24-12-25)14-2-4-15(5-3-14)17-8-9-23-19-7-6-16(22)10-18(17)19/h6-15H,2-5H2,1H3,(H,26,27). The van der Waals surface area contributed by atoms with Crippen LogP contribution in [0.4, 0.5) is 4.39 Å². The summed E-state index contributed by atoms with van der Waals surface area (Å²) in [6.45, 7) is 2.12. The molecule has 5 nitrogen and oxygen atoms in total. The van der Waals surface area contributed by atoms with Gasteiger partial charge in [-0.15, -0.1) is 0 Å². The molecule has 0 saturated heterocycles. The number of fused-ring (bicyclic) bond motifs is 1. The lowest BCUT2D eigenvalue weighted by molar-refractivity contribution is 0.0691. The van der Waals surface area contributed by atoms with Crippen LogP contribution in [0.3, 0.4) is 0 Å². The first-order valence-corrected chi connectivity index (χ1v) is 9.34. The first-order valence-electron chi connectivity index (χ1n) is 9.34. The van der Waals surface area contributed by atoms with Crippen LogP contribution in [0.2, 0.25) is 0 Å². The highest BCUT2D eigenvalue weighted by Crippen LogP contribution is 2.41. The van der Waals surface area contributed by atoms with Gasteiger partial charge in [-0.2, -0.15) is 0 Å². The number of halogens is 1. The number of aromatic nitrogens is 3. The van der Waals surface area contributed by atoms with Crippen molar-refractivity contribution >= 4 is 16.9 Å². The van der Waals surface area contributed by atoms with E-state index in [9.17, 15) is 9.18 Å². The van der Waals surface area contributed by atoms with Crippen molar-refractivity contribution in [2.45, 2.75) is 44.6 Å². The van der Waals surface area contributed by atoms with Crippen LogP contribution in [0.1, 0.15) is 60.6 Å². The molecule has 1 aromatic carbocycles. The van der Waals surface area contributed by atoms with Crippen molar-refractivity contribution in [2.24, 2.45) is 5.92 Å². The minimum atomic E-state index is -0.999. The summed E-state index contributed by atoms with van der Waals surface area (Å²) in [5.41, 5.74) is 2.10. The van der Waals surface area contributed by atoms with Crippen molar-refractivity contribution < 1.29 is 14.3 Å². The molecule has 1 fully saturated rings. The van der Waals surface area contributed by atoms with E-state index in [1.54, 1.807) is 24.7 Å². The number of pyridine rings is 1. The number of hydrogen-bond acceptors (Lipinski definition) is 3. The number of carboxylic acid groups (broad SMARTS) is 1. The van der Waals surface area contributed by atoms with E-state index in [0.717, 1.165) is 36.6 Å². The van der Waals surface area contributed by atoms with E-state index in [0.29, 0.717) is 11.8 Å². The number of nitrogens with zero attached hydrogens (tertiary/aromatic N) is 3. The summed E-state index contributed by atoms with van der Waals surface area (Å²) in [5, 5.41) is 9.96. The molecule has 1 atom stereocenters. The molecule has 3 aromatic rings. The van der Waals surface area contributed by atoms with E-state index in [1.165, 1.54) is 11.6 Å². The summed E-state index contributed by atoms with van der Waals surface area (Å²) in [7, 11) is 0. The molecule has 0 spiro atoms. The zero-order valence-corrected chi connectivity index (χ0v) is 15.2. The highest BCUT2D eigenvalue weighted by Gasteiger charge is 2.28. The second-order valence-corrected chi connectivity index (χ2v) is 7.43. The van der Waals surface area contributed by atoms with Gasteiger partial charge in [-0.25, -0.2) is 14.2 Å². The molecule has 1 aliphatic rings. The monoisotopic (exact) mass is 367 g/mol. The quantitative estimate of drug-likeness (QED) is 0.719. The van der Waals surface area contributed by atoms with Gasteiger partial charge in [0.25, 0.3) is 0 Å². The van der Waals surface area contributed by atoms with Crippen molar-refractivity contribution in [1.82, 2.24) is 14.5 Å². The van der Waals surface area contributed by atoms with Gasteiger partial charge in [-0.1, -0.05) is 0 Å². The first-order chi connectivity index (χ1) is 13.0. The van der Waals surface area contributed by atoms with Crippen LogP contribution in [0.15, 0.2) is 43.0 Å². The fraction of sp³-hybridized carbons (Fsp3) is 0.381. The molecule has 1 saturated carbocycles.